The average Bonchev–Trinajstić information content (AvgIpc) is 2.58. The number of nitrogens with zero attached hydrogens (tertiary/aromatic N) is 3. The number of ether oxygens (including phenoxy) is 1. The molecule has 0 spiro atoms. The van der Waals surface area contributed by atoms with Gasteiger partial charge in [-0.05, 0) is 37.3 Å². The maximum absolute atomic E-state index is 6.12. The summed E-state index contributed by atoms with van der Waals surface area (Å²) in [5, 5.41) is 14.7. The lowest BCUT2D eigenvalue weighted by Crippen LogP contribution is -2.02. The highest BCUT2D eigenvalue weighted by atomic mass is 35.5. The summed E-state index contributed by atoms with van der Waals surface area (Å²) in [5.41, 5.74) is 2.86. The quantitative estimate of drug-likeness (QED) is 0.719. The molecule has 0 saturated heterocycles. The molecule has 1 aromatic heterocycles. The fourth-order valence-electron chi connectivity index (χ4n) is 2.07. The van der Waals surface area contributed by atoms with E-state index in [0.717, 1.165) is 11.4 Å². The lowest BCUT2D eigenvalue weighted by Gasteiger charge is -2.09. The fraction of sp³-hybridized carbons (Fsp3) is 0.118. The zero-order valence-corrected chi connectivity index (χ0v) is 14.0. The van der Waals surface area contributed by atoms with E-state index in [1.54, 1.807) is 25.4 Å². The molecule has 0 bridgehead atoms. The smallest absolute Gasteiger partial charge is 0.249 e. The van der Waals surface area contributed by atoms with E-state index in [1.165, 1.54) is 5.56 Å². The molecule has 0 saturated carbocycles. The number of rotatable bonds is 5. The Kier molecular flexibility index (Phi) is 4.77. The first kappa shape index (κ1) is 16.0. The minimum absolute atomic E-state index is 0.406. The van der Waals surface area contributed by atoms with Crippen molar-refractivity contribution in [1.82, 2.24) is 15.2 Å². The van der Waals surface area contributed by atoms with Gasteiger partial charge in [-0.25, -0.2) is 0 Å². The minimum Gasteiger partial charge on any atom is -0.495 e. The van der Waals surface area contributed by atoms with Gasteiger partial charge in [0.1, 0.15) is 5.75 Å². The van der Waals surface area contributed by atoms with Crippen molar-refractivity contribution in [2.45, 2.75) is 6.92 Å². The van der Waals surface area contributed by atoms with Crippen LogP contribution < -0.4 is 15.4 Å². The topological polar surface area (TPSA) is 72.0 Å². The van der Waals surface area contributed by atoms with Crippen LogP contribution in [0.4, 0.5) is 23.1 Å². The van der Waals surface area contributed by atoms with Gasteiger partial charge in [0.15, 0.2) is 5.82 Å². The lowest BCUT2D eigenvalue weighted by atomic mass is 10.2. The van der Waals surface area contributed by atoms with Crippen LogP contribution in [0.2, 0.25) is 5.02 Å². The SMILES string of the molecule is COc1ccc(Nc2cnnc(Nc3ccc(C)cc3)n2)cc1Cl. The van der Waals surface area contributed by atoms with Crippen LogP contribution in [0, 0.1) is 6.92 Å². The van der Waals surface area contributed by atoms with Gasteiger partial charge in [-0.2, -0.15) is 10.1 Å². The predicted octanol–water partition coefficient (Wildman–Crippen LogP) is 4.33. The van der Waals surface area contributed by atoms with Crippen molar-refractivity contribution in [3.8, 4) is 5.75 Å². The molecular weight excluding hydrogens is 326 g/mol. The number of methoxy groups -OCH3 is 1. The van der Waals surface area contributed by atoms with Gasteiger partial charge < -0.3 is 15.4 Å². The van der Waals surface area contributed by atoms with E-state index in [-0.39, 0.29) is 0 Å². The van der Waals surface area contributed by atoms with Crippen LogP contribution >= 0.6 is 11.6 Å². The van der Waals surface area contributed by atoms with Gasteiger partial charge >= 0.3 is 0 Å². The highest BCUT2D eigenvalue weighted by Crippen LogP contribution is 2.28. The van der Waals surface area contributed by atoms with E-state index in [9.17, 15) is 0 Å². The average molecular weight is 342 g/mol. The van der Waals surface area contributed by atoms with E-state index in [4.69, 9.17) is 16.3 Å². The Morgan fingerprint density at radius 2 is 1.75 bits per heavy atom. The Hall–Kier alpha value is -2.86. The molecule has 0 fully saturated rings. The Balaban J connectivity index is 1.75. The van der Waals surface area contributed by atoms with Crippen LogP contribution in [0.15, 0.2) is 48.7 Å². The van der Waals surface area contributed by atoms with E-state index in [0.29, 0.717) is 22.5 Å². The van der Waals surface area contributed by atoms with Gasteiger partial charge in [0.25, 0.3) is 0 Å². The third kappa shape index (κ3) is 3.91. The molecule has 0 amide bonds. The van der Waals surface area contributed by atoms with Crippen LogP contribution in [-0.2, 0) is 0 Å². The van der Waals surface area contributed by atoms with E-state index < -0.39 is 0 Å². The van der Waals surface area contributed by atoms with Gasteiger partial charge in [-0.15, -0.1) is 5.10 Å². The number of anilines is 4. The van der Waals surface area contributed by atoms with Crippen molar-refractivity contribution in [2.24, 2.45) is 0 Å². The number of aromatic nitrogens is 3. The molecule has 3 aromatic rings. The standard InChI is InChI=1S/C17H16ClN5O/c1-11-3-5-12(6-4-11)21-17-22-16(10-19-23-17)20-13-7-8-15(24-2)14(18)9-13/h3-10H,1-2H3,(H2,20,21,22,23). The molecule has 2 N–H and O–H groups in total. The zero-order valence-electron chi connectivity index (χ0n) is 13.2. The molecule has 1 heterocycles. The highest BCUT2D eigenvalue weighted by molar-refractivity contribution is 6.32. The van der Waals surface area contributed by atoms with Crippen LogP contribution in [0.5, 0.6) is 5.75 Å². The first-order chi connectivity index (χ1) is 11.6. The first-order valence-corrected chi connectivity index (χ1v) is 7.66. The summed E-state index contributed by atoms with van der Waals surface area (Å²) in [4.78, 5) is 4.39. The number of hydrogen-bond acceptors (Lipinski definition) is 6. The monoisotopic (exact) mass is 341 g/mol. The number of aryl methyl sites for hydroxylation is 1. The molecule has 0 unspecified atom stereocenters. The van der Waals surface area contributed by atoms with E-state index in [2.05, 4.69) is 25.8 Å². The Morgan fingerprint density at radius 1 is 1.00 bits per heavy atom. The molecule has 2 aromatic carbocycles. The summed E-state index contributed by atoms with van der Waals surface area (Å²) in [5.74, 6) is 1.58. The molecule has 6 nitrogen and oxygen atoms in total. The van der Waals surface area contributed by atoms with Crippen LogP contribution in [0.1, 0.15) is 5.56 Å². The second-order valence-corrected chi connectivity index (χ2v) is 5.54. The van der Waals surface area contributed by atoms with Crippen molar-refractivity contribution in [3.63, 3.8) is 0 Å². The molecule has 24 heavy (non-hydrogen) atoms. The van der Waals surface area contributed by atoms with Gasteiger partial charge in [-0.1, -0.05) is 29.3 Å². The van der Waals surface area contributed by atoms with Crippen LogP contribution in [-0.4, -0.2) is 22.3 Å². The largest absolute Gasteiger partial charge is 0.495 e. The third-order valence-corrected chi connectivity index (χ3v) is 3.59. The van der Waals surface area contributed by atoms with Gasteiger partial charge in [-0.3, -0.25) is 0 Å². The summed E-state index contributed by atoms with van der Waals surface area (Å²) in [6.07, 6.45) is 1.54. The van der Waals surface area contributed by atoms with Crippen molar-refractivity contribution >= 4 is 34.7 Å². The van der Waals surface area contributed by atoms with Crippen molar-refractivity contribution in [2.75, 3.05) is 17.7 Å². The summed E-state index contributed by atoms with van der Waals surface area (Å²) < 4.78 is 5.14. The van der Waals surface area contributed by atoms with Gasteiger partial charge in [0, 0.05) is 11.4 Å². The second-order valence-electron chi connectivity index (χ2n) is 5.13. The van der Waals surface area contributed by atoms with E-state index in [1.807, 2.05) is 37.3 Å². The highest BCUT2D eigenvalue weighted by Gasteiger charge is 2.05. The lowest BCUT2D eigenvalue weighted by molar-refractivity contribution is 0.415. The van der Waals surface area contributed by atoms with Crippen molar-refractivity contribution < 1.29 is 4.74 Å². The van der Waals surface area contributed by atoms with Crippen LogP contribution in [0.3, 0.4) is 0 Å². The number of nitrogens with one attached hydrogen (secondary N) is 2. The molecule has 3 rings (SSSR count). The Morgan fingerprint density at radius 3 is 2.46 bits per heavy atom. The minimum atomic E-state index is 0.406. The number of halogens is 1. The Bertz CT molecular complexity index is 839. The predicted molar refractivity (Wildman–Crippen MR) is 95.6 cm³/mol. The summed E-state index contributed by atoms with van der Waals surface area (Å²) in [6, 6.07) is 13.3. The molecule has 0 aliphatic carbocycles. The normalized spacial score (nSPS) is 10.3. The molecule has 0 aliphatic heterocycles. The summed E-state index contributed by atoms with van der Waals surface area (Å²) >= 11 is 6.12. The Labute approximate surface area is 144 Å². The zero-order chi connectivity index (χ0) is 16.9. The maximum Gasteiger partial charge on any atom is 0.249 e. The second kappa shape index (κ2) is 7.14. The number of hydrogen-bond donors (Lipinski definition) is 2. The maximum atomic E-state index is 6.12. The van der Waals surface area contributed by atoms with Crippen LogP contribution in [0.25, 0.3) is 0 Å². The molecule has 0 atom stereocenters. The molecule has 122 valence electrons. The molecule has 7 heteroatoms. The first-order valence-electron chi connectivity index (χ1n) is 7.28. The molecule has 0 aliphatic rings. The summed E-state index contributed by atoms with van der Waals surface area (Å²) in [6.45, 7) is 2.03. The van der Waals surface area contributed by atoms with Crippen molar-refractivity contribution in [1.29, 1.82) is 0 Å². The third-order valence-electron chi connectivity index (χ3n) is 3.29. The van der Waals surface area contributed by atoms with E-state index >= 15 is 0 Å². The summed E-state index contributed by atoms with van der Waals surface area (Å²) in [7, 11) is 1.58. The van der Waals surface area contributed by atoms with Crippen molar-refractivity contribution in [3.05, 3.63) is 59.2 Å². The van der Waals surface area contributed by atoms with Gasteiger partial charge in [0.05, 0.1) is 18.3 Å². The molecule has 0 radical (unpaired) electrons. The number of benzene rings is 2. The fourth-order valence-corrected chi connectivity index (χ4v) is 2.33. The van der Waals surface area contributed by atoms with Gasteiger partial charge in [0.2, 0.25) is 5.95 Å². The molecular formula is C17H16ClN5O.